The Labute approximate surface area is 132 Å². The maximum atomic E-state index is 12.6. The van der Waals surface area contributed by atoms with Gasteiger partial charge in [0, 0.05) is 13.0 Å². The van der Waals surface area contributed by atoms with E-state index in [-0.39, 0.29) is 24.7 Å². The highest BCUT2D eigenvalue weighted by Gasteiger charge is 2.54. The number of morpholine rings is 1. The monoisotopic (exact) mass is 303 g/mol. The summed E-state index contributed by atoms with van der Waals surface area (Å²) < 4.78 is 5.75. The summed E-state index contributed by atoms with van der Waals surface area (Å²) in [5, 5.41) is 9.31. The third-order valence-corrected chi connectivity index (χ3v) is 5.24. The van der Waals surface area contributed by atoms with Gasteiger partial charge in [0.1, 0.15) is 11.6 Å². The minimum Gasteiger partial charge on any atom is -0.459 e. The molecule has 4 nitrogen and oxygen atoms in total. The zero-order chi connectivity index (χ0) is 15.6. The second kappa shape index (κ2) is 6.44. The van der Waals surface area contributed by atoms with E-state index in [1.54, 1.807) is 0 Å². The summed E-state index contributed by atoms with van der Waals surface area (Å²) in [5.74, 6) is 3.25. The van der Waals surface area contributed by atoms with Gasteiger partial charge in [0.25, 0.3) is 0 Å². The molecule has 2 saturated carbocycles. The summed E-state index contributed by atoms with van der Waals surface area (Å²) in [7, 11) is 0. The number of aliphatic hydroxyl groups excluding tert-OH is 1. The predicted molar refractivity (Wildman–Crippen MR) is 84.0 cm³/mol. The van der Waals surface area contributed by atoms with Crippen LogP contribution in [0, 0.1) is 18.3 Å². The second-order valence-corrected chi connectivity index (χ2v) is 6.74. The molecule has 1 saturated heterocycles. The van der Waals surface area contributed by atoms with Gasteiger partial charge in [-0.1, -0.05) is 30.9 Å². The number of terminal acetylenes is 1. The summed E-state index contributed by atoms with van der Waals surface area (Å²) in [6, 6.07) is -0.0143. The number of carbonyl (C=O) groups is 1. The van der Waals surface area contributed by atoms with Gasteiger partial charge in [-0.05, 0) is 31.6 Å². The molecule has 0 aromatic carbocycles. The molecule has 2 aliphatic carbocycles. The van der Waals surface area contributed by atoms with E-state index in [4.69, 9.17) is 11.2 Å². The minimum atomic E-state index is -0.545. The van der Waals surface area contributed by atoms with Crippen LogP contribution < -0.4 is 0 Å². The molecular formula is C18H25NO3. The number of ether oxygens (including phenoxy) is 1. The molecule has 1 unspecified atom stereocenters. The Kier molecular flexibility index (Phi) is 4.56. The van der Waals surface area contributed by atoms with Crippen molar-refractivity contribution in [2.24, 2.45) is 5.92 Å². The average Bonchev–Trinajstić information content (AvgIpc) is 3.20. The van der Waals surface area contributed by atoms with Crippen LogP contribution in [0.15, 0.2) is 12.2 Å². The van der Waals surface area contributed by atoms with E-state index in [2.05, 4.69) is 23.0 Å². The van der Waals surface area contributed by atoms with E-state index in [0.717, 1.165) is 25.7 Å². The summed E-state index contributed by atoms with van der Waals surface area (Å²) in [6.45, 7) is 0.472. The number of aliphatic hydroxyl groups is 1. The smallest absolute Gasteiger partial charge is 0.326 e. The van der Waals surface area contributed by atoms with Crippen LogP contribution in [-0.4, -0.2) is 46.8 Å². The first kappa shape index (κ1) is 15.6. The fraction of sp³-hybridized carbons (Fsp3) is 0.722. The largest absolute Gasteiger partial charge is 0.459 e. The number of hydrogen-bond donors (Lipinski definition) is 1. The van der Waals surface area contributed by atoms with E-state index in [9.17, 15) is 9.90 Å². The summed E-state index contributed by atoms with van der Waals surface area (Å²) in [4.78, 5) is 14.8. The van der Waals surface area contributed by atoms with Crippen LogP contribution in [-0.2, 0) is 9.53 Å². The Morgan fingerprint density at radius 1 is 1.36 bits per heavy atom. The van der Waals surface area contributed by atoms with E-state index in [1.165, 1.54) is 12.8 Å². The van der Waals surface area contributed by atoms with Crippen molar-refractivity contribution in [3.63, 3.8) is 0 Å². The molecule has 0 amide bonds. The lowest BCUT2D eigenvalue weighted by Gasteiger charge is -2.49. The van der Waals surface area contributed by atoms with Crippen LogP contribution >= 0.6 is 0 Å². The molecule has 0 radical (unpaired) electrons. The van der Waals surface area contributed by atoms with E-state index in [0.29, 0.717) is 18.9 Å². The van der Waals surface area contributed by atoms with E-state index in [1.807, 2.05) is 0 Å². The quantitative estimate of drug-likeness (QED) is 0.479. The summed E-state index contributed by atoms with van der Waals surface area (Å²) >= 11 is 0. The van der Waals surface area contributed by atoms with Crippen LogP contribution in [0.5, 0.6) is 0 Å². The van der Waals surface area contributed by atoms with E-state index >= 15 is 0 Å². The normalized spacial score (nSPS) is 31.5. The molecule has 3 rings (SSSR count). The molecule has 120 valence electrons. The van der Waals surface area contributed by atoms with Crippen molar-refractivity contribution in [2.75, 3.05) is 13.2 Å². The Hall–Kier alpha value is -1.31. The topological polar surface area (TPSA) is 49.8 Å². The number of allylic oxidation sites excluding steroid dienone is 1. The third-order valence-electron chi connectivity index (χ3n) is 5.24. The molecule has 22 heavy (non-hydrogen) atoms. The van der Waals surface area contributed by atoms with Crippen LogP contribution in [0.4, 0.5) is 0 Å². The number of nitrogens with zero attached hydrogens (tertiary/aromatic N) is 1. The highest BCUT2D eigenvalue weighted by Crippen LogP contribution is 2.42. The van der Waals surface area contributed by atoms with Crippen LogP contribution in [0.1, 0.15) is 44.9 Å². The molecule has 1 spiro atoms. The first-order chi connectivity index (χ1) is 10.7. The molecule has 1 heterocycles. The highest BCUT2D eigenvalue weighted by molar-refractivity contribution is 5.82. The van der Waals surface area contributed by atoms with Gasteiger partial charge in [-0.2, -0.15) is 0 Å². The van der Waals surface area contributed by atoms with Crippen LogP contribution in [0.25, 0.3) is 0 Å². The van der Waals surface area contributed by atoms with Crippen molar-refractivity contribution in [2.45, 2.75) is 62.6 Å². The molecule has 3 aliphatic rings. The Bertz CT molecular complexity index is 483. The lowest BCUT2D eigenvalue weighted by atomic mass is 9.88. The number of carbonyl (C=O) groups excluding carboxylic acids is 1. The Morgan fingerprint density at radius 2 is 2.09 bits per heavy atom. The highest BCUT2D eigenvalue weighted by atomic mass is 16.6. The lowest BCUT2D eigenvalue weighted by molar-refractivity contribution is -0.184. The fourth-order valence-electron chi connectivity index (χ4n) is 3.87. The Balaban J connectivity index is 1.90. The van der Waals surface area contributed by atoms with Gasteiger partial charge in [0.2, 0.25) is 0 Å². The van der Waals surface area contributed by atoms with Crippen molar-refractivity contribution < 1.29 is 14.6 Å². The Morgan fingerprint density at radius 3 is 2.68 bits per heavy atom. The van der Waals surface area contributed by atoms with Gasteiger partial charge in [-0.3, -0.25) is 9.69 Å². The molecular weight excluding hydrogens is 278 g/mol. The molecule has 3 fully saturated rings. The van der Waals surface area contributed by atoms with Crippen LogP contribution in [0.2, 0.25) is 0 Å². The molecule has 2 atom stereocenters. The molecule has 4 heteroatoms. The first-order valence-corrected chi connectivity index (χ1v) is 8.42. The second-order valence-electron chi connectivity index (χ2n) is 6.74. The molecule has 0 aromatic rings. The number of esters is 1. The standard InChI is InChI=1S/C18H25NO3/c1-2-12-19-15(8-7-14-5-6-14)16(9-13-20)22-17(21)18(19)10-3-4-11-18/h1,7-8,14-16,20H,3-6,9-13H2/b8-7+/t15?,16-/m0/s1. The zero-order valence-corrected chi connectivity index (χ0v) is 13.0. The average molecular weight is 303 g/mol. The van der Waals surface area contributed by atoms with Crippen molar-refractivity contribution in [1.29, 1.82) is 0 Å². The number of hydrogen-bond acceptors (Lipinski definition) is 4. The fourth-order valence-corrected chi connectivity index (χ4v) is 3.87. The number of rotatable bonds is 5. The van der Waals surface area contributed by atoms with Gasteiger partial charge in [-0.15, -0.1) is 6.42 Å². The van der Waals surface area contributed by atoms with Gasteiger partial charge < -0.3 is 9.84 Å². The van der Waals surface area contributed by atoms with Gasteiger partial charge in [0.05, 0.1) is 12.6 Å². The first-order valence-electron chi connectivity index (χ1n) is 8.42. The van der Waals surface area contributed by atoms with Crippen molar-refractivity contribution in [1.82, 2.24) is 4.90 Å². The summed E-state index contributed by atoms with van der Waals surface area (Å²) in [6.07, 6.45) is 16.4. The SMILES string of the molecule is C#CCN1C(/C=C/C2CC2)[C@H](CCO)OC(=O)C12CCCC2. The minimum absolute atomic E-state index is 0.0143. The predicted octanol–water partition coefficient (Wildman–Crippen LogP) is 1.88. The molecule has 1 N–H and O–H groups in total. The maximum absolute atomic E-state index is 12.6. The van der Waals surface area contributed by atoms with E-state index < -0.39 is 5.54 Å². The summed E-state index contributed by atoms with van der Waals surface area (Å²) in [5.41, 5.74) is -0.545. The van der Waals surface area contributed by atoms with Crippen molar-refractivity contribution >= 4 is 5.97 Å². The van der Waals surface area contributed by atoms with Crippen molar-refractivity contribution in [3.8, 4) is 12.3 Å². The van der Waals surface area contributed by atoms with Crippen molar-refractivity contribution in [3.05, 3.63) is 12.2 Å². The third kappa shape index (κ3) is 2.80. The van der Waals surface area contributed by atoms with Gasteiger partial charge >= 0.3 is 5.97 Å². The van der Waals surface area contributed by atoms with Crippen LogP contribution in [0.3, 0.4) is 0 Å². The maximum Gasteiger partial charge on any atom is 0.326 e. The molecule has 0 bridgehead atoms. The zero-order valence-electron chi connectivity index (χ0n) is 13.0. The lowest BCUT2D eigenvalue weighted by Crippen LogP contribution is -2.65. The molecule has 0 aromatic heterocycles. The van der Waals surface area contributed by atoms with Gasteiger partial charge in [-0.25, -0.2) is 0 Å². The number of cyclic esters (lactones) is 1. The molecule has 1 aliphatic heterocycles. The van der Waals surface area contributed by atoms with Gasteiger partial charge in [0.15, 0.2) is 0 Å².